The number of hydrogen-bond acceptors (Lipinski definition) is 2. The van der Waals surface area contributed by atoms with Crippen LogP contribution in [0.3, 0.4) is 0 Å². The highest BCUT2D eigenvalue weighted by Crippen LogP contribution is 2.29. The van der Waals surface area contributed by atoms with Crippen LogP contribution in [0.2, 0.25) is 10.0 Å². The Morgan fingerprint density at radius 2 is 2.00 bits per heavy atom. The van der Waals surface area contributed by atoms with Crippen molar-refractivity contribution in [2.75, 3.05) is 0 Å². The lowest BCUT2D eigenvalue weighted by Gasteiger charge is -2.10. The van der Waals surface area contributed by atoms with Gasteiger partial charge in [-0.05, 0) is 26.0 Å². The Labute approximate surface area is 109 Å². The smallest absolute Gasteiger partial charge is 0.140 e. The van der Waals surface area contributed by atoms with E-state index in [9.17, 15) is 5.11 Å². The molecule has 1 heterocycles. The Morgan fingerprint density at radius 3 is 2.53 bits per heavy atom. The number of aliphatic hydroxyl groups excluding tert-OH is 1. The van der Waals surface area contributed by atoms with Gasteiger partial charge in [-0.15, -0.1) is 0 Å². The van der Waals surface area contributed by atoms with E-state index in [-0.39, 0.29) is 0 Å². The number of H-pyrrole nitrogens is 1. The Morgan fingerprint density at radius 1 is 1.29 bits per heavy atom. The predicted octanol–water partition coefficient (Wildman–Crippen LogP) is 3.42. The SMILES string of the molecule is Cc1nc(C(O)c2ccc(Cl)cc2Cl)[nH]c1C. The van der Waals surface area contributed by atoms with Crippen molar-refractivity contribution in [1.29, 1.82) is 0 Å². The van der Waals surface area contributed by atoms with E-state index < -0.39 is 6.10 Å². The van der Waals surface area contributed by atoms with Gasteiger partial charge in [-0.3, -0.25) is 0 Å². The zero-order chi connectivity index (χ0) is 12.6. The Bertz CT molecular complexity index is 532. The molecule has 3 nitrogen and oxygen atoms in total. The lowest BCUT2D eigenvalue weighted by Crippen LogP contribution is -2.02. The largest absolute Gasteiger partial charge is 0.380 e. The number of aromatic amines is 1. The highest BCUT2D eigenvalue weighted by Gasteiger charge is 2.17. The van der Waals surface area contributed by atoms with E-state index in [2.05, 4.69) is 9.97 Å². The van der Waals surface area contributed by atoms with E-state index in [1.54, 1.807) is 18.2 Å². The van der Waals surface area contributed by atoms with Crippen molar-refractivity contribution in [3.63, 3.8) is 0 Å². The van der Waals surface area contributed by atoms with Gasteiger partial charge in [0.2, 0.25) is 0 Å². The Hall–Kier alpha value is -1.03. The molecule has 0 aliphatic carbocycles. The molecule has 5 heteroatoms. The molecule has 0 aliphatic heterocycles. The van der Waals surface area contributed by atoms with E-state index in [1.165, 1.54) is 0 Å². The lowest BCUT2D eigenvalue weighted by molar-refractivity contribution is 0.211. The molecule has 0 bridgehead atoms. The molecule has 0 amide bonds. The van der Waals surface area contributed by atoms with Gasteiger partial charge in [0, 0.05) is 21.3 Å². The molecule has 1 aromatic carbocycles. The number of aromatic nitrogens is 2. The number of benzene rings is 1. The quantitative estimate of drug-likeness (QED) is 0.879. The zero-order valence-corrected chi connectivity index (χ0v) is 11.0. The van der Waals surface area contributed by atoms with Crippen LogP contribution in [0, 0.1) is 13.8 Å². The van der Waals surface area contributed by atoms with Crippen LogP contribution in [0.15, 0.2) is 18.2 Å². The second kappa shape index (κ2) is 4.69. The summed E-state index contributed by atoms with van der Waals surface area (Å²) in [5.74, 6) is 0.490. The third-order valence-electron chi connectivity index (χ3n) is 2.66. The van der Waals surface area contributed by atoms with Crippen molar-refractivity contribution in [3.8, 4) is 0 Å². The van der Waals surface area contributed by atoms with Gasteiger partial charge < -0.3 is 10.1 Å². The lowest BCUT2D eigenvalue weighted by atomic mass is 10.1. The number of nitrogens with zero attached hydrogens (tertiary/aromatic N) is 1. The van der Waals surface area contributed by atoms with Crippen molar-refractivity contribution in [3.05, 3.63) is 51.0 Å². The van der Waals surface area contributed by atoms with E-state index in [0.29, 0.717) is 21.4 Å². The summed E-state index contributed by atoms with van der Waals surface area (Å²) < 4.78 is 0. The summed E-state index contributed by atoms with van der Waals surface area (Å²) in [6.07, 6.45) is -0.868. The summed E-state index contributed by atoms with van der Waals surface area (Å²) in [6, 6.07) is 4.99. The van der Waals surface area contributed by atoms with E-state index in [1.807, 2.05) is 13.8 Å². The van der Waals surface area contributed by atoms with Crippen LogP contribution in [-0.4, -0.2) is 15.1 Å². The van der Waals surface area contributed by atoms with Gasteiger partial charge in [0.1, 0.15) is 11.9 Å². The second-order valence-corrected chi connectivity index (χ2v) is 4.74. The van der Waals surface area contributed by atoms with Gasteiger partial charge in [0.05, 0.1) is 5.69 Å². The maximum atomic E-state index is 10.2. The predicted molar refractivity (Wildman–Crippen MR) is 68.6 cm³/mol. The third kappa shape index (κ3) is 2.46. The molecule has 1 unspecified atom stereocenters. The molecular formula is C12H12Cl2N2O. The van der Waals surface area contributed by atoms with Gasteiger partial charge in [-0.2, -0.15) is 0 Å². The molecule has 90 valence electrons. The highest BCUT2D eigenvalue weighted by molar-refractivity contribution is 6.35. The Kier molecular flexibility index (Phi) is 3.43. The number of nitrogens with one attached hydrogen (secondary N) is 1. The highest BCUT2D eigenvalue weighted by atomic mass is 35.5. The fourth-order valence-electron chi connectivity index (χ4n) is 1.58. The standard InChI is InChI=1S/C12H12Cl2N2O/c1-6-7(2)16-12(15-6)11(17)9-4-3-8(13)5-10(9)14/h3-5,11,17H,1-2H3,(H,15,16). The topological polar surface area (TPSA) is 48.9 Å². The normalized spacial score (nSPS) is 12.8. The van der Waals surface area contributed by atoms with Crippen molar-refractivity contribution in [1.82, 2.24) is 9.97 Å². The average molecular weight is 271 g/mol. The van der Waals surface area contributed by atoms with E-state index in [4.69, 9.17) is 23.2 Å². The number of aryl methyl sites for hydroxylation is 2. The minimum atomic E-state index is -0.868. The Balaban J connectivity index is 2.39. The van der Waals surface area contributed by atoms with E-state index >= 15 is 0 Å². The summed E-state index contributed by atoms with van der Waals surface area (Å²) in [5.41, 5.74) is 2.39. The van der Waals surface area contributed by atoms with Gasteiger partial charge >= 0.3 is 0 Å². The molecule has 0 aliphatic rings. The van der Waals surface area contributed by atoms with Crippen molar-refractivity contribution in [2.24, 2.45) is 0 Å². The monoisotopic (exact) mass is 270 g/mol. The van der Waals surface area contributed by atoms with Crippen LogP contribution >= 0.6 is 23.2 Å². The fraction of sp³-hybridized carbons (Fsp3) is 0.250. The van der Waals surface area contributed by atoms with Crippen LogP contribution in [0.1, 0.15) is 28.9 Å². The van der Waals surface area contributed by atoms with E-state index in [0.717, 1.165) is 11.4 Å². The molecule has 0 radical (unpaired) electrons. The van der Waals surface area contributed by atoms with Crippen LogP contribution in [-0.2, 0) is 0 Å². The molecule has 0 fully saturated rings. The molecule has 0 spiro atoms. The van der Waals surface area contributed by atoms with Gasteiger partial charge in [-0.25, -0.2) is 4.98 Å². The molecule has 1 atom stereocenters. The molecule has 1 aromatic heterocycles. The molecule has 2 aromatic rings. The first-order valence-corrected chi connectivity index (χ1v) is 5.90. The third-order valence-corrected chi connectivity index (χ3v) is 3.22. The molecule has 17 heavy (non-hydrogen) atoms. The molecule has 0 saturated heterocycles. The number of aliphatic hydroxyl groups is 1. The molecule has 2 N–H and O–H groups in total. The van der Waals surface area contributed by atoms with Crippen molar-refractivity contribution < 1.29 is 5.11 Å². The maximum absolute atomic E-state index is 10.2. The first-order chi connectivity index (χ1) is 7.99. The summed E-state index contributed by atoms with van der Waals surface area (Å²) in [5, 5.41) is 11.1. The van der Waals surface area contributed by atoms with Crippen LogP contribution in [0.5, 0.6) is 0 Å². The first kappa shape index (κ1) is 12.4. The van der Waals surface area contributed by atoms with Gasteiger partial charge in [0.15, 0.2) is 0 Å². The number of halogens is 2. The zero-order valence-electron chi connectivity index (χ0n) is 9.46. The number of hydrogen-bond donors (Lipinski definition) is 2. The van der Waals surface area contributed by atoms with Gasteiger partial charge in [-0.1, -0.05) is 29.3 Å². The minimum absolute atomic E-state index is 0.428. The van der Waals surface area contributed by atoms with Crippen molar-refractivity contribution >= 4 is 23.2 Å². The minimum Gasteiger partial charge on any atom is -0.380 e. The van der Waals surface area contributed by atoms with Crippen LogP contribution in [0.4, 0.5) is 0 Å². The first-order valence-electron chi connectivity index (χ1n) is 5.15. The number of imidazole rings is 1. The summed E-state index contributed by atoms with van der Waals surface area (Å²) >= 11 is 11.8. The molecular weight excluding hydrogens is 259 g/mol. The van der Waals surface area contributed by atoms with Crippen LogP contribution < -0.4 is 0 Å². The van der Waals surface area contributed by atoms with Crippen LogP contribution in [0.25, 0.3) is 0 Å². The fourth-order valence-corrected chi connectivity index (χ4v) is 2.09. The van der Waals surface area contributed by atoms with Crippen molar-refractivity contribution in [2.45, 2.75) is 20.0 Å². The number of rotatable bonds is 2. The summed E-state index contributed by atoms with van der Waals surface area (Å²) in [6.45, 7) is 3.79. The van der Waals surface area contributed by atoms with Gasteiger partial charge in [0.25, 0.3) is 0 Å². The maximum Gasteiger partial charge on any atom is 0.140 e. The average Bonchev–Trinajstić information content (AvgIpc) is 2.58. The summed E-state index contributed by atoms with van der Waals surface area (Å²) in [4.78, 5) is 7.28. The second-order valence-electron chi connectivity index (χ2n) is 3.90. The molecule has 2 rings (SSSR count). The molecule has 0 saturated carbocycles. The summed E-state index contributed by atoms with van der Waals surface area (Å²) in [7, 11) is 0.